The second-order valence-electron chi connectivity index (χ2n) is 4.13. The van der Waals surface area contributed by atoms with Crippen molar-refractivity contribution in [3.05, 3.63) is 45.9 Å². The number of thiazole rings is 1. The fraction of sp³-hybridized carbons (Fsp3) is 0.231. The lowest BCUT2D eigenvalue weighted by molar-refractivity contribution is 0.0940. The number of carbonyl (C=O) groups excluding carboxylic acids is 1. The maximum absolute atomic E-state index is 12.0. The summed E-state index contributed by atoms with van der Waals surface area (Å²) in [6, 6.07) is 6.77. The normalized spacial score (nSPS) is 12.1. The van der Waals surface area contributed by atoms with E-state index in [-0.39, 0.29) is 11.9 Å². The predicted octanol–water partition coefficient (Wildman–Crippen LogP) is 2.52. The van der Waals surface area contributed by atoms with E-state index in [1.165, 1.54) is 0 Å². The van der Waals surface area contributed by atoms with Gasteiger partial charge in [-0.05, 0) is 38.1 Å². The van der Waals surface area contributed by atoms with E-state index in [0.29, 0.717) is 11.3 Å². The lowest BCUT2D eigenvalue weighted by Crippen LogP contribution is -2.26. The fourth-order valence-electron chi connectivity index (χ4n) is 1.55. The van der Waals surface area contributed by atoms with Crippen LogP contribution in [0.25, 0.3) is 0 Å². The van der Waals surface area contributed by atoms with Crippen molar-refractivity contribution in [2.45, 2.75) is 19.9 Å². The van der Waals surface area contributed by atoms with Crippen LogP contribution in [0, 0.1) is 6.92 Å². The first-order valence-corrected chi connectivity index (χ1v) is 6.46. The molecule has 0 radical (unpaired) electrons. The number of carbonyl (C=O) groups is 1. The number of nitrogen functional groups attached to an aromatic ring is 1. The van der Waals surface area contributed by atoms with E-state index in [1.54, 1.807) is 35.6 Å². The van der Waals surface area contributed by atoms with Crippen LogP contribution < -0.4 is 11.1 Å². The average molecular weight is 261 g/mol. The smallest absolute Gasteiger partial charge is 0.251 e. The number of nitrogens with two attached hydrogens (primary N) is 1. The van der Waals surface area contributed by atoms with Crippen molar-refractivity contribution in [2.24, 2.45) is 0 Å². The lowest BCUT2D eigenvalue weighted by atomic mass is 10.2. The third kappa shape index (κ3) is 2.87. The Balaban J connectivity index is 2.05. The first-order chi connectivity index (χ1) is 8.56. The molecule has 0 saturated carbocycles. The zero-order valence-corrected chi connectivity index (χ0v) is 11.1. The zero-order valence-electron chi connectivity index (χ0n) is 10.3. The Morgan fingerprint density at radius 3 is 2.61 bits per heavy atom. The second-order valence-corrected chi connectivity index (χ2v) is 5.39. The molecule has 1 heterocycles. The molecule has 2 aromatic rings. The number of nitrogens with one attached hydrogen (secondary N) is 1. The third-order valence-electron chi connectivity index (χ3n) is 2.53. The van der Waals surface area contributed by atoms with Gasteiger partial charge in [-0.2, -0.15) is 0 Å². The molecule has 94 valence electrons. The minimum absolute atomic E-state index is 0.0891. The fourth-order valence-corrected chi connectivity index (χ4v) is 2.32. The van der Waals surface area contributed by atoms with Gasteiger partial charge in [0.2, 0.25) is 0 Å². The summed E-state index contributed by atoms with van der Waals surface area (Å²) in [4.78, 5) is 17.4. The van der Waals surface area contributed by atoms with Crippen molar-refractivity contribution in [3.63, 3.8) is 0 Å². The van der Waals surface area contributed by atoms with Crippen LogP contribution in [-0.2, 0) is 0 Å². The van der Waals surface area contributed by atoms with Crippen molar-refractivity contribution in [3.8, 4) is 0 Å². The monoisotopic (exact) mass is 261 g/mol. The number of hydrogen-bond acceptors (Lipinski definition) is 4. The van der Waals surface area contributed by atoms with Gasteiger partial charge in [-0.25, -0.2) is 4.98 Å². The van der Waals surface area contributed by atoms with Gasteiger partial charge >= 0.3 is 0 Å². The number of anilines is 1. The lowest BCUT2D eigenvalue weighted by Gasteiger charge is -2.11. The topological polar surface area (TPSA) is 68.0 Å². The molecule has 3 N–H and O–H groups in total. The summed E-state index contributed by atoms with van der Waals surface area (Å²) in [6.07, 6.45) is 1.81. The standard InChI is InChI=1S/C13H15N3OS/c1-8-7-15-13(18-8)9(2)16-12(17)10-3-5-11(14)6-4-10/h3-7,9H,14H2,1-2H3,(H,16,17). The Kier molecular flexibility index (Phi) is 3.62. The van der Waals surface area contributed by atoms with Gasteiger partial charge in [-0.1, -0.05) is 0 Å². The third-order valence-corrected chi connectivity index (χ3v) is 3.63. The highest BCUT2D eigenvalue weighted by Gasteiger charge is 2.13. The molecule has 1 aromatic carbocycles. The summed E-state index contributed by atoms with van der Waals surface area (Å²) in [7, 11) is 0. The van der Waals surface area contributed by atoms with Crippen LogP contribution in [0.1, 0.15) is 33.2 Å². The molecule has 0 aliphatic carbocycles. The minimum Gasteiger partial charge on any atom is -0.399 e. The Morgan fingerprint density at radius 2 is 2.06 bits per heavy atom. The van der Waals surface area contributed by atoms with Crippen LogP contribution in [0.4, 0.5) is 5.69 Å². The van der Waals surface area contributed by atoms with Gasteiger partial charge in [-0.3, -0.25) is 4.79 Å². The maximum Gasteiger partial charge on any atom is 0.251 e. The van der Waals surface area contributed by atoms with E-state index < -0.39 is 0 Å². The van der Waals surface area contributed by atoms with Gasteiger partial charge in [0.1, 0.15) is 5.01 Å². The summed E-state index contributed by atoms with van der Waals surface area (Å²) >= 11 is 1.59. The Morgan fingerprint density at radius 1 is 1.39 bits per heavy atom. The SMILES string of the molecule is Cc1cnc(C(C)NC(=O)c2ccc(N)cc2)s1. The molecule has 0 aliphatic rings. The molecule has 1 atom stereocenters. The molecule has 0 saturated heterocycles. The molecule has 18 heavy (non-hydrogen) atoms. The van der Waals surface area contributed by atoms with E-state index in [1.807, 2.05) is 20.0 Å². The molecule has 1 amide bonds. The molecular weight excluding hydrogens is 246 g/mol. The van der Waals surface area contributed by atoms with Gasteiger partial charge < -0.3 is 11.1 Å². The molecule has 0 aliphatic heterocycles. The predicted molar refractivity (Wildman–Crippen MR) is 73.6 cm³/mol. The van der Waals surface area contributed by atoms with E-state index in [2.05, 4.69) is 10.3 Å². The van der Waals surface area contributed by atoms with Crippen LogP contribution in [0.5, 0.6) is 0 Å². The molecule has 4 nitrogen and oxygen atoms in total. The van der Waals surface area contributed by atoms with Gasteiger partial charge in [0, 0.05) is 22.3 Å². The summed E-state index contributed by atoms with van der Waals surface area (Å²) in [5, 5.41) is 3.83. The highest BCUT2D eigenvalue weighted by Crippen LogP contribution is 2.19. The molecule has 1 aromatic heterocycles. The quantitative estimate of drug-likeness (QED) is 0.834. The van der Waals surface area contributed by atoms with Crippen molar-refractivity contribution >= 4 is 22.9 Å². The van der Waals surface area contributed by atoms with Gasteiger partial charge in [0.15, 0.2) is 0 Å². The second kappa shape index (κ2) is 5.18. The van der Waals surface area contributed by atoms with Crippen LogP contribution in [0.2, 0.25) is 0 Å². The van der Waals surface area contributed by atoms with Crippen LogP contribution >= 0.6 is 11.3 Å². The van der Waals surface area contributed by atoms with E-state index in [4.69, 9.17) is 5.73 Å². The zero-order chi connectivity index (χ0) is 13.1. The van der Waals surface area contributed by atoms with Gasteiger partial charge in [-0.15, -0.1) is 11.3 Å². The first kappa shape index (κ1) is 12.6. The number of benzene rings is 1. The largest absolute Gasteiger partial charge is 0.399 e. The van der Waals surface area contributed by atoms with Crippen molar-refractivity contribution in [2.75, 3.05) is 5.73 Å². The highest BCUT2D eigenvalue weighted by molar-refractivity contribution is 7.11. The summed E-state index contributed by atoms with van der Waals surface area (Å²) in [5.74, 6) is -0.115. The van der Waals surface area contributed by atoms with E-state index in [0.717, 1.165) is 9.88 Å². The number of aromatic nitrogens is 1. The number of amides is 1. The summed E-state index contributed by atoms with van der Waals surface area (Å²) < 4.78 is 0. The minimum atomic E-state index is -0.115. The molecular formula is C13H15N3OS. The highest BCUT2D eigenvalue weighted by atomic mass is 32.1. The van der Waals surface area contributed by atoms with Gasteiger partial charge in [0.05, 0.1) is 6.04 Å². The maximum atomic E-state index is 12.0. The first-order valence-electron chi connectivity index (χ1n) is 5.65. The number of nitrogens with zero attached hydrogens (tertiary/aromatic N) is 1. The molecule has 0 fully saturated rings. The number of aryl methyl sites for hydroxylation is 1. The summed E-state index contributed by atoms with van der Waals surface area (Å²) in [5.41, 5.74) is 6.83. The molecule has 0 spiro atoms. The van der Waals surface area contributed by atoms with Crippen LogP contribution in [0.15, 0.2) is 30.5 Å². The van der Waals surface area contributed by atoms with Crippen molar-refractivity contribution in [1.82, 2.24) is 10.3 Å². The van der Waals surface area contributed by atoms with Gasteiger partial charge in [0.25, 0.3) is 5.91 Å². The summed E-state index contributed by atoms with van der Waals surface area (Å²) in [6.45, 7) is 3.92. The molecule has 0 bridgehead atoms. The van der Waals surface area contributed by atoms with E-state index >= 15 is 0 Å². The Hall–Kier alpha value is -1.88. The number of hydrogen-bond donors (Lipinski definition) is 2. The van der Waals surface area contributed by atoms with Crippen molar-refractivity contribution in [1.29, 1.82) is 0 Å². The molecule has 2 rings (SSSR count). The van der Waals surface area contributed by atoms with Crippen LogP contribution in [0.3, 0.4) is 0 Å². The Bertz CT molecular complexity index is 548. The van der Waals surface area contributed by atoms with Crippen molar-refractivity contribution < 1.29 is 4.79 Å². The van der Waals surface area contributed by atoms with Crippen LogP contribution in [-0.4, -0.2) is 10.9 Å². The molecule has 1 unspecified atom stereocenters. The van der Waals surface area contributed by atoms with E-state index in [9.17, 15) is 4.79 Å². The average Bonchev–Trinajstić information content (AvgIpc) is 2.76. The number of rotatable bonds is 3. The Labute approximate surface area is 110 Å². The molecule has 5 heteroatoms.